The highest BCUT2D eigenvalue weighted by molar-refractivity contribution is 7.99. The summed E-state index contributed by atoms with van der Waals surface area (Å²) in [6.07, 6.45) is 0.468. The Morgan fingerprint density at radius 3 is 2.45 bits per heavy atom. The standard InChI is InChI=1S/C16H15FO2S/c17-14-8-4-7-13(9-14)11-20-15(16(18)19)10-12-5-2-1-3-6-12/h1-9,15H,10-11H2,(H,18,19). The third kappa shape index (κ3) is 4.38. The van der Waals surface area contributed by atoms with Crippen LogP contribution in [-0.2, 0) is 17.0 Å². The first kappa shape index (κ1) is 14.6. The molecular weight excluding hydrogens is 275 g/mol. The number of rotatable bonds is 6. The van der Waals surface area contributed by atoms with E-state index >= 15 is 0 Å². The molecule has 2 nitrogen and oxygen atoms in total. The van der Waals surface area contributed by atoms with Gasteiger partial charge in [-0.3, -0.25) is 4.79 Å². The van der Waals surface area contributed by atoms with Crippen LogP contribution in [-0.4, -0.2) is 16.3 Å². The van der Waals surface area contributed by atoms with Crippen LogP contribution in [0.1, 0.15) is 11.1 Å². The maximum absolute atomic E-state index is 13.1. The van der Waals surface area contributed by atoms with E-state index < -0.39 is 11.2 Å². The van der Waals surface area contributed by atoms with E-state index in [2.05, 4.69) is 0 Å². The van der Waals surface area contributed by atoms with Crippen LogP contribution in [0.3, 0.4) is 0 Å². The van der Waals surface area contributed by atoms with E-state index in [0.29, 0.717) is 12.2 Å². The van der Waals surface area contributed by atoms with Crippen molar-refractivity contribution in [1.29, 1.82) is 0 Å². The molecule has 1 atom stereocenters. The molecule has 0 fully saturated rings. The molecule has 2 aromatic rings. The number of carboxylic acids is 1. The highest BCUT2D eigenvalue weighted by Crippen LogP contribution is 2.22. The smallest absolute Gasteiger partial charge is 0.316 e. The molecule has 0 saturated carbocycles. The van der Waals surface area contributed by atoms with Crippen molar-refractivity contribution in [3.05, 3.63) is 71.5 Å². The van der Waals surface area contributed by atoms with E-state index in [1.165, 1.54) is 23.9 Å². The van der Waals surface area contributed by atoms with Crippen molar-refractivity contribution in [2.24, 2.45) is 0 Å². The van der Waals surface area contributed by atoms with Gasteiger partial charge in [0.1, 0.15) is 11.1 Å². The van der Waals surface area contributed by atoms with Gasteiger partial charge < -0.3 is 5.11 Å². The third-order valence-corrected chi connectivity index (χ3v) is 4.15. The second kappa shape index (κ2) is 7.10. The van der Waals surface area contributed by atoms with Crippen LogP contribution >= 0.6 is 11.8 Å². The number of hydrogen-bond donors (Lipinski definition) is 1. The van der Waals surface area contributed by atoms with Gasteiger partial charge >= 0.3 is 5.97 Å². The molecule has 2 rings (SSSR count). The first-order valence-electron chi connectivity index (χ1n) is 6.28. The zero-order valence-electron chi connectivity index (χ0n) is 10.8. The number of halogens is 1. The molecule has 104 valence electrons. The molecule has 0 heterocycles. The van der Waals surface area contributed by atoms with Crippen molar-refractivity contribution >= 4 is 17.7 Å². The highest BCUT2D eigenvalue weighted by atomic mass is 32.2. The zero-order chi connectivity index (χ0) is 14.4. The Kier molecular flexibility index (Phi) is 5.18. The first-order chi connectivity index (χ1) is 9.65. The summed E-state index contributed by atoms with van der Waals surface area (Å²) in [5.74, 6) is -0.644. The molecule has 0 amide bonds. The number of aliphatic carboxylic acids is 1. The molecule has 0 aliphatic rings. The van der Waals surface area contributed by atoms with E-state index in [0.717, 1.165) is 11.1 Å². The van der Waals surface area contributed by atoms with Gasteiger partial charge in [0, 0.05) is 5.75 Å². The number of hydrogen-bond acceptors (Lipinski definition) is 2. The minimum atomic E-state index is -0.838. The van der Waals surface area contributed by atoms with Gasteiger partial charge in [-0.15, -0.1) is 11.8 Å². The number of carboxylic acid groups (broad SMARTS) is 1. The van der Waals surface area contributed by atoms with Gasteiger partial charge in [-0.1, -0.05) is 42.5 Å². The van der Waals surface area contributed by atoms with Crippen molar-refractivity contribution in [2.45, 2.75) is 17.4 Å². The lowest BCUT2D eigenvalue weighted by atomic mass is 10.1. The van der Waals surface area contributed by atoms with E-state index in [1.807, 2.05) is 30.3 Å². The second-order valence-corrected chi connectivity index (χ2v) is 5.65. The fourth-order valence-corrected chi connectivity index (χ4v) is 2.90. The molecule has 0 spiro atoms. The van der Waals surface area contributed by atoms with E-state index in [-0.39, 0.29) is 5.82 Å². The van der Waals surface area contributed by atoms with Gasteiger partial charge in [0.2, 0.25) is 0 Å². The first-order valence-corrected chi connectivity index (χ1v) is 7.33. The Bertz CT molecular complexity index is 572. The Labute approximate surface area is 121 Å². The van der Waals surface area contributed by atoms with Crippen molar-refractivity contribution in [2.75, 3.05) is 0 Å². The van der Waals surface area contributed by atoms with E-state index in [9.17, 15) is 14.3 Å². The van der Waals surface area contributed by atoms with Gasteiger partial charge in [0.05, 0.1) is 0 Å². The molecule has 1 N–H and O–H groups in total. The van der Waals surface area contributed by atoms with Gasteiger partial charge in [0.15, 0.2) is 0 Å². The second-order valence-electron chi connectivity index (χ2n) is 4.46. The normalized spacial score (nSPS) is 12.1. The van der Waals surface area contributed by atoms with Crippen LogP contribution in [0.15, 0.2) is 54.6 Å². The zero-order valence-corrected chi connectivity index (χ0v) is 11.6. The third-order valence-electron chi connectivity index (χ3n) is 2.88. The van der Waals surface area contributed by atoms with Crippen molar-refractivity contribution in [1.82, 2.24) is 0 Å². The highest BCUT2D eigenvalue weighted by Gasteiger charge is 2.18. The van der Waals surface area contributed by atoms with Crippen LogP contribution in [0.25, 0.3) is 0 Å². The monoisotopic (exact) mass is 290 g/mol. The van der Waals surface area contributed by atoms with Gasteiger partial charge in [-0.25, -0.2) is 4.39 Å². The fourth-order valence-electron chi connectivity index (χ4n) is 1.87. The molecule has 0 aliphatic carbocycles. The molecule has 1 unspecified atom stereocenters. The number of carbonyl (C=O) groups is 1. The molecule has 0 saturated heterocycles. The van der Waals surface area contributed by atoms with Crippen LogP contribution in [0, 0.1) is 5.82 Å². The lowest BCUT2D eigenvalue weighted by molar-refractivity contribution is -0.136. The van der Waals surface area contributed by atoms with Gasteiger partial charge in [-0.05, 0) is 29.7 Å². The summed E-state index contributed by atoms with van der Waals surface area (Å²) >= 11 is 1.32. The Morgan fingerprint density at radius 2 is 1.80 bits per heavy atom. The minimum Gasteiger partial charge on any atom is -0.480 e. The van der Waals surface area contributed by atoms with Crippen LogP contribution in [0.2, 0.25) is 0 Å². The van der Waals surface area contributed by atoms with Crippen LogP contribution in [0.4, 0.5) is 4.39 Å². The van der Waals surface area contributed by atoms with Gasteiger partial charge in [-0.2, -0.15) is 0 Å². The van der Waals surface area contributed by atoms with Crippen LogP contribution in [0.5, 0.6) is 0 Å². The van der Waals surface area contributed by atoms with Crippen molar-refractivity contribution < 1.29 is 14.3 Å². The molecule has 20 heavy (non-hydrogen) atoms. The Morgan fingerprint density at radius 1 is 1.10 bits per heavy atom. The SMILES string of the molecule is O=C(O)C(Cc1ccccc1)SCc1cccc(F)c1. The predicted octanol–water partition coefficient (Wildman–Crippen LogP) is 3.75. The Hall–Kier alpha value is -1.81. The minimum absolute atomic E-state index is 0.293. The average molecular weight is 290 g/mol. The number of benzene rings is 2. The average Bonchev–Trinajstić information content (AvgIpc) is 2.44. The molecule has 0 aromatic heterocycles. The molecule has 4 heteroatoms. The number of thioether (sulfide) groups is 1. The maximum atomic E-state index is 13.1. The largest absolute Gasteiger partial charge is 0.480 e. The maximum Gasteiger partial charge on any atom is 0.316 e. The summed E-state index contributed by atoms with van der Waals surface area (Å²) in [5.41, 5.74) is 1.79. The topological polar surface area (TPSA) is 37.3 Å². The predicted molar refractivity (Wildman–Crippen MR) is 79.3 cm³/mol. The van der Waals surface area contributed by atoms with Crippen molar-refractivity contribution in [3.63, 3.8) is 0 Å². The molecule has 2 aromatic carbocycles. The summed E-state index contributed by atoms with van der Waals surface area (Å²) < 4.78 is 13.1. The fraction of sp³-hybridized carbons (Fsp3) is 0.188. The van der Waals surface area contributed by atoms with E-state index in [4.69, 9.17) is 0 Å². The van der Waals surface area contributed by atoms with Gasteiger partial charge in [0.25, 0.3) is 0 Å². The quantitative estimate of drug-likeness (QED) is 0.880. The van der Waals surface area contributed by atoms with E-state index in [1.54, 1.807) is 12.1 Å². The summed E-state index contributed by atoms with van der Waals surface area (Å²) in [7, 11) is 0. The lowest BCUT2D eigenvalue weighted by Gasteiger charge is -2.12. The molecular formula is C16H15FO2S. The summed E-state index contributed by atoms with van der Waals surface area (Å²) in [6.45, 7) is 0. The summed E-state index contributed by atoms with van der Waals surface area (Å²) in [4.78, 5) is 11.3. The van der Waals surface area contributed by atoms with Crippen LogP contribution < -0.4 is 0 Å². The Balaban J connectivity index is 1.98. The lowest BCUT2D eigenvalue weighted by Crippen LogP contribution is -2.19. The van der Waals surface area contributed by atoms with Crippen molar-refractivity contribution in [3.8, 4) is 0 Å². The molecule has 0 bridgehead atoms. The summed E-state index contributed by atoms with van der Waals surface area (Å²) in [6, 6.07) is 15.8. The molecule has 0 aliphatic heterocycles. The molecule has 0 radical (unpaired) electrons. The summed E-state index contributed by atoms with van der Waals surface area (Å²) in [5, 5.41) is 8.75.